The maximum absolute atomic E-state index is 5.92. The maximum atomic E-state index is 5.92. The fourth-order valence-corrected chi connectivity index (χ4v) is 3.38. The van der Waals surface area contributed by atoms with Gasteiger partial charge in [-0.1, -0.05) is 111 Å². The molecular weight excluding hydrogens is 414 g/mol. The third-order valence-corrected chi connectivity index (χ3v) is 5.28. The van der Waals surface area contributed by atoms with Crippen molar-refractivity contribution < 1.29 is 0 Å². The van der Waals surface area contributed by atoms with Crippen molar-refractivity contribution in [3.05, 3.63) is 114 Å². The summed E-state index contributed by atoms with van der Waals surface area (Å²) in [4.78, 5) is 8.76. The van der Waals surface area contributed by atoms with Gasteiger partial charge in [0, 0.05) is 11.1 Å². The second-order valence-corrected chi connectivity index (χ2v) is 8.22. The molecule has 0 aliphatic rings. The summed E-state index contributed by atoms with van der Waals surface area (Å²) in [5.74, 6) is 0.287. The first kappa shape index (κ1) is 24.7. The molecule has 1 aromatic heterocycles. The van der Waals surface area contributed by atoms with Crippen molar-refractivity contribution in [2.75, 3.05) is 5.73 Å². The normalized spacial score (nSPS) is 10.0. The number of nitrogens with two attached hydrogens (primary N) is 1. The van der Waals surface area contributed by atoms with Crippen LogP contribution in [-0.2, 0) is 0 Å². The molecule has 172 valence electrons. The van der Waals surface area contributed by atoms with E-state index in [9.17, 15) is 0 Å². The maximum Gasteiger partial charge on any atom is 0.221 e. The zero-order valence-electron chi connectivity index (χ0n) is 20.5. The Morgan fingerprint density at radius 1 is 0.559 bits per heavy atom. The van der Waals surface area contributed by atoms with Gasteiger partial charge in [-0.25, -0.2) is 9.97 Å². The number of aryl methyl sites for hydroxylation is 2. The number of nitrogens with zero attached hydrogens (tertiary/aromatic N) is 2. The number of aromatic nitrogens is 2. The van der Waals surface area contributed by atoms with E-state index in [2.05, 4.69) is 92.3 Å². The summed E-state index contributed by atoms with van der Waals surface area (Å²) >= 11 is 0. The van der Waals surface area contributed by atoms with Crippen LogP contribution in [-0.4, -0.2) is 9.97 Å². The predicted molar refractivity (Wildman–Crippen MR) is 147 cm³/mol. The lowest BCUT2D eigenvalue weighted by Gasteiger charge is -2.07. The first-order valence-corrected chi connectivity index (χ1v) is 11.7. The first-order chi connectivity index (χ1) is 16.5. The number of rotatable bonds is 2. The molecule has 0 aliphatic heterocycles. The van der Waals surface area contributed by atoms with Crippen LogP contribution in [0, 0.1) is 13.8 Å². The Labute approximate surface area is 203 Å². The van der Waals surface area contributed by atoms with Crippen LogP contribution in [0.2, 0.25) is 0 Å². The molecule has 0 atom stereocenters. The fraction of sp³-hybridized carbons (Fsp3) is 0.161. The molecule has 0 radical (unpaired) electrons. The van der Waals surface area contributed by atoms with Crippen molar-refractivity contribution in [3.8, 4) is 22.5 Å². The molecule has 0 saturated carbocycles. The topological polar surface area (TPSA) is 51.8 Å². The van der Waals surface area contributed by atoms with Gasteiger partial charge in [0.25, 0.3) is 0 Å². The number of nitrogen functional groups attached to an aromatic ring is 1. The van der Waals surface area contributed by atoms with Crippen LogP contribution in [0.1, 0.15) is 31.4 Å². The summed E-state index contributed by atoms with van der Waals surface area (Å²) in [7, 11) is 0. The fourth-order valence-electron chi connectivity index (χ4n) is 3.38. The molecule has 2 N–H and O–H groups in total. The van der Waals surface area contributed by atoms with Crippen molar-refractivity contribution in [1.82, 2.24) is 9.97 Å². The average molecular weight is 448 g/mol. The summed E-state index contributed by atoms with van der Waals surface area (Å²) in [6, 6.07) is 34.9. The number of hydrogen-bond donors (Lipinski definition) is 1. The highest BCUT2D eigenvalue weighted by molar-refractivity contribution is 5.87. The summed E-state index contributed by atoms with van der Waals surface area (Å²) in [5, 5.41) is 2.39. The Morgan fingerprint density at radius 3 is 1.65 bits per heavy atom. The zero-order valence-corrected chi connectivity index (χ0v) is 20.5. The van der Waals surface area contributed by atoms with Crippen LogP contribution in [0.5, 0.6) is 0 Å². The lowest BCUT2D eigenvalue weighted by atomic mass is 10.0. The van der Waals surface area contributed by atoms with Crippen molar-refractivity contribution in [1.29, 1.82) is 0 Å². The quantitative estimate of drug-likeness (QED) is 0.296. The van der Waals surface area contributed by atoms with Gasteiger partial charge in [-0.05, 0) is 47.9 Å². The minimum Gasteiger partial charge on any atom is -0.368 e. The molecule has 0 spiro atoms. The third-order valence-electron chi connectivity index (χ3n) is 5.28. The van der Waals surface area contributed by atoms with Crippen LogP contribution < -0.4 is 5.73 Å². The minimum atomic E-state index is 0.287. The highest BCUT2D eigenvalue weighted by Crippen LogP contribution is 2.27. The molecule has 0 amide bonds. The number of benzene rings is 4. The monoisotopic (exact) mass is 447 g/mol. The zero-order chi connectivity index (χ0) is 24.3. The summed E-state index contributed by atoms with van der Waals surface area (Å²) in [6.07, 6.45) is 1.25. The van der Waals surface area contributed by atoms with Gasteiger partial charge in [0.1, 0.15) is 0 Å². The van der Waals surface area contributed by atoms with Gasteiger partial charge < -0.3 is 5.73 Å². The minimum absolute atomic E-state index is 0.287. The van der Waals surface area contributed by atoms with Crippen LogP contribution in [0.3, 0.4) is 0 Å². The molecule has 0 fully saturated rings. The van der Waals surface area contributed by atoms with Gasteiger partial charge in [0.05, 0.1) is 11.4 Å². The molecule has 0 bridgehead atoms. The summed E-state index contributed by atoms with van der Waals surface area (Å²) in [5.41, 5.74) is 12.4. The Kier molecular flexibility index (Phi) is 8.93. The smallest absolute Gasteiger partial charge is 0.221 e. The second kappa shape index (κ2) is 12.3. The van der Waals surface area contributed by atoms with E-state index >= 15 is 0 Å². The molecule has 5 aromatic rings. The van der Waals surface area contributed by atoms with E-state index in [0.29, 0.717) is 0 Å². The molecule has 0 aliphatic carbocycles. The van der Waals surface area contributed by atoms with Crippen LogP contribution >= 0.6 is 0 Å². The largest absolute Gasteiger partial charge is 0.368 e. The highest BCUT2D eigenvalue weighted by Gasteiger charge is 2.07. The highest BCUT2D eigenvalue weighted by atomic mass is 15.0. The van der Waals surface area contributed by atoms with Crippen molar-refractivity contribution in [3.63, 3.8) is 0 Å². The summed E-state index contributed by atoms with van der Waals surface area (Å²) in [6.45, 7) is 8.49. The molecule has 5 rings (SSSR count). The van der Waals surface area contributed by atoms with Crippen LogP contribution in [0.25, 0.3) is 33.3 Å². The molecule has 3 heteroatoms. The van der Waals surface area contributed by atoms with Gasteiger partial charge in [0.2, 0.25) is 5.95 Å². The van der Waals surface area contributed by atoms with E-state index in [1.54, 1.807) is 0 Å². The SMILES string of the molecule is CCC.Cc1ccccc1C.Nc1nc(-c2ccccc2)cc(-c2ccc3ccccc3c2)n1. The average Bonchev–Trinajstić information content (AvgIpc) is 2.87. The van der Waals surface area contributed by atoms with E-state index in [4.69, 9.17) is 5.73 Å². The van der Waals surface area contributed by atoms with Gasteiger partial charge in [-0.2, -0.15) is 0 Å². The van der Waals surface area contributed by atoms with Crippen molar-refractivity contribution >= 4 is 16.7 Å². The lowest BCUT2D eigenvalue weighted by Crippen LogP contribution is -1.98. The standard InChI is InChI=1S/C20H15N3.C8H10.C3H8/c21-20-22-18(15-7-2-1-3-8-15)13-19(23-20)17-11-10-14-6-4-5-9-16(14)12-17;1-7-5-3-4-6-8(7)2;1-3-2/h1-13H,(H2,21,22,23);3-6H,1-2H3;3H2,1-2H3. The number of anilines is 1. The lowest BCUT2D eigenvalue weighted by molar-refractivity contribution is 1.09. The van der Waals surface area contributed by atoms with Gasteiger partial charge in [-0.15, -0.1) is 0 Å². The molecule has 1 heterocycles. The van der Waals surface area contributed by atoms with E-state index in [1.165, 1.54) is 28.3 Å². The number of fused-ring (bicyclic) bond motifs is 1. The molecule has 4 aromatic carbocycles. The van der Waals surface area contributed by atoms with Crippen molar-refractivity contribution in [2.45, 2.75) is 34.1 Å². The molecule has 0 saturated heterocycles. The Bertz CT molecular complexity index is 1310. The first-order valence-electron chi connectivity index (χ1n) is 11.7. The Balaban J connectivity index is 0.000000246. The van der Waals surface area contributed by atoms with E-state index in [0.717, 1.165) is 22.5 Å². The van der Waals surface area contributed by atoms with E-state index in [-0.39, 0.29) is 5.95 Å². The third kappa shape index (κ3) is 6.76. The summed E-state index contributed by atoms with van der Waals surface area (Å²) < 4.78 is 0. The number of hydrogen-bond acceptors (Lipinski definition) is 3. The van der Waals surface area contributed by atoms with E-state index in [1.807, 2.05) is 48.5 Å². The molecule has 34 heavy (non-hydrogen) atoms. The van der Waals surface area contributed by atoms with E-state index < -0.39 is 0 Å². The van der Waals surface area contributed by atoms with Crippen LogP contribution in [0.15, 0.2) is 103 Å². The Hall–Kier alpha value is -3.98. The van der Waals surface area contributed by atoms with Crippen molar-refractivity contribution in [2.24, 2.45) is 0 Å². The van der Waals surface area contributed by atoms with Gasteiger partial charge in [0.15, 0.2) is 0 Å². The van der Waals surface area contributed by atoms with Gasteiger partial charge >= 0.3 is 0 Å². The van der Waals surface area contributed by atoms with Crippen LogP contribution in [0.4, 0.5) is 5.95 Å². The van der Waals surface area contributed by atoms with Gasteiger partial charge in [-0.3, -0.25) is 0 Å². The Morgan fingerprint density at radius 2 is 1.06 bits per heavy atom. The second-order valence-electron chi connectivity index (χ2n) is 8.22. The predicted octanol–water partition coefficient (Wildman–Crippen LogP) is 8.27. The molecule has 3 nitrogen and oxygen atoms in total. The molecular formula is C31H33N3. The molecule has 0 unspecified atom stereocenters.